The number of nitrogens with one attached hydrogen (secondary N) is 1. The van der Waals surface area contributed by atoms with E-state index in [4.69, 9.17) is 14.2 Å². The summed E-state index contributed by atoms with van der Waals surface area (Å²) in [7, 11) is 1.53. The summed E-state index contributed by atoms with van der Waals surface area (Å²) in [5.41, 5.74) is 0. The molecule has 308 valence electrons. The van der Waals surface area contributed by atoms with Gasteiger partial charge in [0.1, 0.15) is 6.04 Å². The molecule has 0 aromatic carbocycles. The Morgan fingerprint density at radius 3 is 1.10 bits per heavy atom. The SMILES string of the molecule is CCCCCCCCCCCCCCCCCCOC(=O)CCC(NC(=O)CCOC)C(=O)OCCCCCCCCCCCCCCCCCC. The van der Waals surface area contributed by atoms with E-state index in [1.807, 2.05) is 0 Å². The summed E-state index contributed by atoms with van der Waals surface area (Å²) >= 11 is 0. The zero-order valence-corrected chi connectivity index (χ0v) is 34.9. The van der Waals surface area contributed by atoms with Gasteiger partial charge >= 0.3 is 11.9 Å². The number of esters is 2. The standard InChI is InChI=1S/C45H87NO6/c1-4-6-8-10-12-14-16-18-20-22-24-26-28-30-32-34-39-51-44(48)37-36-42(46-43(47)38-41-50-3)45(49)52-40-35-33-31-29-27-25-23-21-19-17-15-13-11-9-7-5-2/h42H,4-41H2,1-3H3,(H,46,47). The molecule has 0 aliphatic carbocycles. The van der Waals surface area contributed by atoms with Gasteiger partial charge in [0.2, 0.25) is 5.91 Å². The van der Waals surface area contributed by atoms with Crippen molar-refractivity contribution in [1.29, 1.82) is 0 Å². The van der Waals surface area contributed by atoms with E-state index in [-0.39, 0.29) is 37.7 Å². The van der Waals surface area contributed by atoms with Gasteiger partial charge < -0.3 is 19.5 Å². The molecule has 0 aliphatic heterocycles. The molecule has 7 heteroatoms. The number of hydrogen-bond donors (Lipinski definition) is 1. The zero-order valence-electron chi connectivity index (χ0n) is 34.9. The summed E-state index contributed by atoms with van der Waals surface area (Å²) < 4.78 is 15.9. The number of rotatable bonds is 42. The van der Waals surface area contributed by atoms with Crippen molar-refractivity contribution in [3.63, 3.8) is 0 Å². The van der Waals surface area contributed by atoms with Crippen LogP contribution in [0, 0.1) is 0 Å². The van der Waals surface area contributed by atoms with Crippen LogP contribution in [-0.2, 0) is 28.6 Å². The number of amides is 1. The second-order valence-electron chi connectivity index (χ2n) is 15.4. The molecule has 0 aliphatic rings. The summed E-state index contributed by atoms with van der Waals surface area (Å²) in [5.74, 6) is -1.09. The molecule has 0 radical (unpaired) electrons. The third-order valence-electron chi connectivity index (χ3n) is 10.3. The second kappa shape index (κ2) is 42.1. The lowest BCUT2D eigenvalue weighted by Gasteiger charge is -2.17. The molecule has 1 atom stereocenters. The Bertz CT molecular complexity index is 775. The van der Waals surface area contributed by atoms with Gasteiger partial charge in [0.25, 0.3) is 0 Å². The molecule has 0 aromatic heterocycles. The van der Waals surface area contributed by atoms with Crippen molar-refractivity contribution in [1.82, 2.24) is 5.32 Å². The number of methoxy groups -OCH3 is 1. The highest BCUT2D eigenvalue weighted by Gasteiger charge is 2.23. The predicted octanol–water partition coefficient (Wildman–Crippen LogP) is 12.9. The monoisotopic (exact) mass is 738 g/mol. The molecule has 52 heavy (non-hydrogen) atoms. The second-order valence-corrected chi connectivity index (χ2v) is 15.4. The largest absolute Gasteiger partial charge is 0.466 e. The molecule has 0 aromatic rings. The molecular formula is C45H87NO6. The maximum atomic E-state index is 12.8. The first-order chi connectivity index (χ1) is 25.5. The normalized spacial score (nSPS) is 11.8. The van der Waals surface area contributed by atoms with E-state index in [0.29, 0.717) is 13.2 Å². The first-order valence-corrected chi connectivity index (χ1v) is 22.7. The van der Waals surface area contributed by atoms with Gasteiger partial charge in [-0.25, -0.2) is 4.79 Å². The molecule has 0 rings (SSSR count). The molecule has 0 fully saturated rings. The van der Waals surface area contributed by atoms with E-state index in [1.165, 1.54) is 180 Å². The van der Waals surface area contributed by atoms with Crippen molar-refractivity contribution in [3.8, 4) is 0 Å². The number of ether oxygens (including phenoxy) is 3. The van der Waals surface area contributed by atoms with Crippen molar-refractivity contribution in [2.24, 2.45) is 0 Å². The van der Waals surface area contributed by atoms with Crippen LogP contribution < -0.4 is 5.32 Å². The molecule has 0 heterocycles. The Labute approximate surface area is 322 Å². The summed E-state index contributed by atoms with van der Waals surface area (Å²) in [6.45, 7) is 5.57. The van der Waals surface area contributed by atoms with E-state index in [0.717, 1.165) is 32.1 Å². The first-order valence-electron chi connectivity index (χ1n) is 22.7. The summed E-state index contributed by atoms with van der Waals surface area (Å²) in [4.78, 5) is 37.6. The fourth-order valence-corrected chi connectivity index (χ4v) is 6.80. The minimum Gasteiger partial charge on any atom is -0.466 e. The molecular weight excluding hydrogens is 650 g/mol. The maximum absolute atomic E-state index is 12.8. The molecule has 0 bridgehead atoms. The predicted molar refractivity (Wildman–Crippen MR) is 219 cm³/mol. The fourth-order valence-electron chi connectivity index (χ4n) is 6.80. The van der Waals surface area contributed by atoms with Gasteiger partial charge in [-0.05, 0) is 19.3 Å². The van der Waals surface area contributed by atoms with Gasteiger partial charge in [0.15, 0.2) is 0 Å². The topological polar surface area (TPSA) is 90.9 Å². The summed E-state index contributed by atoms with van der Waals surface area (Å²) in [5, 5.41) is 2.74. The van der Waals surface area contributed by atoms with Crippen LogP contribution in [0.3, 0.4) is 0 Å². The Kier molecular flexibility index (Phi) is 40.8. The highest BCUT2D eigenvalue weighted by atomic mass is 16.5. The van der Waals surface area contributed by atoms with Crippen molar-refractivity contribution >= 4 is 17.8 Å². The van der Waals surface area contributed by atoms with Crippen LogP contribution in [0.2, 0.25) is 0 Å². The minimum absolute atomic E-state index is 0.0717. The third-order valence-corrected chi connectivity index (χ3v) is 10.3. The van der Waals surface area contributed by atoms with Crippen molar-refractivity contribution in [3.05, 3.63) is 0 Å². The van der Waals surface area contributed by atoms with E-state index in [2.05, 4.69) is 19.2 Å². The third kappa shape index (κ3) is 38.1. The Morgan fingerprint density at radius 1 is 0.423 bits per heavy atom. The molecule has 7 nitrogen and oxygen atoms in total. The van der Waals surface area contributed by atoms with Gasteiger partial charge in [-0.15, -0.1) is 0 Å². The fraction of sp³-hybridized carbons (Fsp3) is 0.933. The van der Waals surface area contributed by atoms with Gasteiger partial charge in [-0.1, -0.05) is 206 Å². The Balaban J connectivity index is 3.91. The quantitative estimate of drug-likeness (QED) is 0.0495. The molecule has 0 saturated heterocycles. The summed E-state index contributed by atoms with van der Waals surface area (Å²) in [6, 6.07) is -0.853. The number of carbonyl (C=O) groups is 3. The molecule has 1 unspecified atom stereocenters. The lowest BCUT2D eigenvalue weighted by Crippen LogP contribution is -2.42. The van der Waals surface area contributed by atoms with E-state index in [9.17, 15) is 14.4 Å². The number of hydrogen-bond acceptors (Lipinski definition) is 6. The lowest BCUT2D eigenvalue weighted by molar-refractivity contribution is -0.149. The van der Waals surface area contributed by atoms with Crippen LogP contribution in [-0.4, -0.2) is 50.8 Å². The van der Waals surface area contributed by atoms with Crippen LogP contribution >= 0.6 is 0 Å². The van der Waals surface area contributed by atoms with E-state index < -0.39 is 12.0 Å². The minimum atomic E-state index is -0.853. The maximum Gasteiger partial charge on any atom is 0.328 e. The van der Waals surface area contributed by atoms with Crippen molar-refractivity contribution in [2.75, 3.05) is 26.9 Å². The molecule has 1 N–H and O–H groups in total. The molecule has 0 saturated carbocycles. The molecule has 0 spiro atoms. The Hall–Kier alpha value is -1.63. The van der Waals surface area contributed by atoms with E-state index in [1.54, 1.807) is 0 Å². The van der Waals surface area contributed by atoms with Crippen LogP contribution in [0.25, 0.3) is 0 Å². The van der Waals surface area contributed by atoms with Crippen LogP contribution in [0.15, 0.2) is 0 Å². The smallest absolute Gasteiger partial charge is 0.328 e. The van der Waals surface area contributed by atoms with Gasteiger partial charge in [-0.2, -0.15) is 0 Å². The van der Waals surface area contributed by atoms with Crippen LogP contribution in [0.4, 0.5) is 0 Å². The van der Waals surface area contributed by atoms with Crippen LogP contribution in [0.5, 0.6) is 0 Å². The first kappa shape index (κ1) is 50.4. The highest BCUT2D eigenvalue weighted by molar-refractivity contribution is 5.85. The number of unbranched alkanes of at least 4 members (excludes halogenated alkanes) is 30. The van der Waals surface area contributed by atoms with Gasteiger partial charge in [0.05, 0.1) is 19.8 Å². The lowest BCUT2D eigenvalue weighted by atomic mass is 10.0. The van der Waals surface area contributed by atoms with Gasteiger partial charge in [0, 0.05) is 20.0 Å². The highest BCUT2D eigenvalue weighted by Crippen LogP contribution is 2.16. The Morgan fingerprint density at radius 2 is 0.750 bits per heavy atom. The van der Waals surface area contributed by atoms with Gasteiger partial charge in [-0.3, -0.25) is 9.59 Å². The molecule has 1 amide bonds. The average Bonchev–Trinajstić information content (AvgIpc) is 3.14. The summed E-state index contributed by atoms with van der Waals surface area (Å²) in [6.07, 6.45) is 41.9. The average molecular weight is 738 g/mol. The van der Waals surface area contributed by atoms with Crippen LogP contribution in [0.1, 0.15) is 239 Å². The van der Waals surface area contributed by atoms with Crippen molar-refractivity contribution < 1.29 is 28.6 Å². The zero-order chi connectivity index (χ0) is 38.0. The number of carbonyl (C=O) groups excluding carboxylic acids is 3. The van der Waals surface area contributed by atoms with Crippen molar-refractivity contribution in [2.45, 2.75) is 245 Å². The van der Waals surface area contributed by atoms with E-state index >= 15 is 0 Å².